The van der Waals surface area contributed by atoms with Crippen molar-refractivity contribution in [2.45, 2.75) is 0 Å². The number of benzene rings is 1. The van der Waals surface area contributed by atoms with Crippen LogP contribution in [0.4, 0.5) is 0 Å². The van der Waals surface area contributed by atoms with E-state index in [0.29, 0.717) is 15.7 Å². The monoisotopic (exact) mass is 242 g/mol. The quantitative estimate of drug-likeness (QED) is 0.822. The predicted molar refractivity (Wildman–Crippen MR) is 61.4 cm³/mol. The molecule has 1 aliphatic rings. The molecule has 0 aliphatic carbocycles. The summed E-state index contributed by atoms with van der Waals surface area (Å²) in [5.74, 6) is 0. The Morgan fingerprint density at radius 1 is 1.27 bits per heavy atom. The molecule has 0 amide bonds. The fourth-order valence-corrected chi connectivity index (χ4v) is 1.61. The van der Waals surface area contributed by atoms with E-state index >= 15 is 0 Å². The van der Waals surface area contributed by atoms with E-state index in [2.05, 4.69) is 4.99 Å². The molecule has 3 nitrogen and oxygen atoms in total. The zero-order valence-corrected chi connectivity index (χ0v) is 9.20. The van der Waals surface area contributed by atoms with Gasteiger partial charge in [0.05, 0.1) is 15.7 Å². The first kappa shape index (κ1) is 10.5. The minimum absolute atomic E-state index is 0.228. The average Bonchev–Trinajstić information content (AvgIpc) is 2.23. The van der Waals surface area contributed by atoms with Crippen LogP contribution in [-0.4, -0.2) is 23.2 Å². The van der Waals surface area contributed by atoms with Crippen LogP contribution in [0.25, 0.3) is 5.70 Å². The van der Waals surface area contributed by atoms with E-state index in [-0.39, 0.29) is 6.67 Å². The van der Waals surface area contributed by atoms with Crippen LogP contribution in [0.1, 0.15) is 5.56 Å². The Bertz CT molecular complexity index is 443. The highest BCUT2D eigenvalue weighted by Crippen LogP contribution is 2.27. The summed E-state index contributed by atoms with van der Waals surface area (Å²) in [6, 6.07) is 5.19. The van der Waals surface area contributed by atoms with Gasteiger partial charge in [0.25, 0.3) is 0 Å². The van der Waals surface area contributed by atoms with Gasteiger partial charge in [0.15, 0.2) is 0 Å². The highest BCUT2D eigenvalue weighted by atomic mass is 35.5. The molecule has 1 aromatic rings. The van der Waals surface area contributed by atoms with Gasteiger partial charge in [-0.3, -0.25) is 10.2 Å². The lowest BCUT2D eigenvalue weighted by Crippen LogP contribution is -2.20. The SMILES string of the molecule is ON1CN=CC=C1c1ccc(Cl)c(Cl)c1. The third kappa shape index (κ3) is 2.15. The second-order valence-electron chi connectivity index (χ2n) is 3.05. The Labute approximate surface area is 97.2 Å². The summed E-state index contributed by atoms with van der Waals surface area (Å²) in [5, 5.41) is 11.6. The lowest BCUT2D eigenvalue weighted by molar-refractivity contribution is -0.0248. The molecule has 78 valence electrons. The first-order valence-electron chi connectivity index (χ1n) is 4.30. The molecule has 0 spiro atoms. The van der Waals surface area contributed by atoms with Crippen molar-refractivity contribution in [2.75, 3.05) is 6.67 Å². The number of allylic oxidation sites excluding steroid dienone is 1. The molecular weight excluding hydrogens is 235 g/mol. The molecule has 0 unspecified atom stereocenters. The first-order valence-corrected chi connectivity index (χ1v) is 5.06. The Hall–Kier alpha value is -1.03. The molecule has 0 fully saturated rings. The van der Waals surface area contributed by atoms with Crippen LogP contribution in [0.3, 0.4) is 0 Å². The average molecular weight is 243 g/mol. The maximum atomic E-state index is 9.56. The van der Waals surface area contributed by atoms with Crippen LogP contribution in [0.5, 0.6) is 0 Å². The van der Waals surface area contributed by atoms with E-state index < -0.39 is 0 Å². The Kier molecular flexibility index (Phi) is 2.95. The van der Waals surface area contributed by atoms with Gasteiger partial charge in [-0.1, -0.05) is 29.3 Å². The normalized spacial score (nSPS) is 15.4. The Morgan fingerprint density at radius 2 is 2.07 bits per heavy atom. The molecule has 0 bridgehead atoms. The van der Waals surface area contributed by atoms with E-state index in [9.17, 15) is 5.21 Å². The third-order valence-electron chi connectivity index (χ3n) is 2.05. The standard InChI is InChI=1S/C10H8Cl2N2O/c11-8-2-1-7(5-9(8)12)10-3-4-13-6-14(10)15/h1-5,15H,6H2. The molecule has 1 N–H and O–H groups in total. The third-order valence-corrected chi connectivity index (χ3v) is 2.79. The van der Waals surface area contributed by atoms with Crippen molar-refractivity contribution in [1.82, 2.24) is 5.06 Å². The number of aliphatic imine (C=N–C) groups is 1. The lowest BCUT2D eigenvalue weighted by Gasteiger charge is -2.20. The molecule has 0 aromatic heterocycles. The fraction of sp³-hybridized carbons (Fsp3) is 0.100. The summed E-state index contributed by atoms with van der Waals surface area (Å²) in [6.45, 7) is 0.228. The van der Waals surface area contributed by atoms with E-state index in [0.717, 1.165) is 10.6 Å². The number of hydroxylamine groups is 2. The Balaban J connectivity index is 2.41. The van der Waals surface area contributed by atoms with Gasteiger partial charge in [-0.2, -0.15) is 0 Å². The predicted octanol–water partition coefficient (Wildman–Crippen LogP) is 3.07. The molecular formula is C10H8Cl2N2O. The van der Waals surface area contributed by atoms with Crippen molar-refractivity contribution in [3.63, 3.8) is 0 Å². The van der Waals surface area contributed by atoms with Crippen molar-refractivity contribution in [2.24, 2.45) is 4.99 Å². The summed E-state index contributed by atoms with van der Waals surface area (Å²) in [5.41, 5.74) is 1.46. The zero-order chi connectivity index (χ0) is 10.8. The van der Waals surface area contributed by atoms with E-state index in [4.69, 9.17) is 23.2 Å². The van der Waals surface area contributed by atoms with E-state index in [1.54, 1.807) is 30.5 Å². The van der Waals surface area contributed by atoms with Crippen molar-refractivity contribution in [3.05, 3.63) is 39.9 Å². The molecule has 5 heteroatoms. The molecule has 0 radical (unpaired) electrons. The summed E-state index contributed by atoms with van der Waals surface area (Å²) < 4.78 is 0. The van der Waals surface area contributed by atoms with Crippen molar-refractivity contribution >= 4 is 35.1 Å². The second-order valence-corrected chi connectivity index (χ2v) is 3.87. The van der Waals surface area contributed by atoms with Gasteiger partial charge < -0.3 is 0 Å². The van der Waals surface area contributed by atoms with Gasteiger partial charge in [0, 0.05) is 11.8 Å². The molecule has 1 aromatic carbocycles. The lowest BCUT2D eigenvalue weighted by atomic mass is 10.1. The van der Waals surface area contributed by atoms with Crippen LogP contribution >= 0.6 is 23.2 Å². The van der Waals surface area contributed by atoms with Gasteiger partial charge in [0.2, 0.25) is 0 Å². The molecule has 1 heterocycles. The maximum Gasteiger partial charge on any atom is 0.135 e. The minimum atomic E-state index is 0.228. The molecule has 0 saturated heterocycles. The molecule has 1 aliphatic heterocycles. The largest absolute Gasteiger partial charge is 0.287 e. The summed E-state index contributed by atoms with van der Waals surface area (Å²) in [4.78, 5) is 3.89. The fourth-order valence-electron chi connectivity index (χ4n) is 1.31. The number of hydrogen-bond donors (Lipinski definition) is 1. The summed E-state index contributed by atoms with van der Waals surface area (Å²) >= 11 is 11.7. The summed E-state index contributed by atoms with van der Waals surface area (Å²) in [7, 11) is 0. The number of rotatable bonds is 1. The highest BCUT2D eigenvalue weighted by molar-refractivity contribution is 6.42. The van der Waals surface area contributed by atoms with E-state index in [1.807, 2.05) is 0 Å². The van der Waals surface area contributed by atoms with Crippen molar-refractivity contribution < 1.29 is 5.21 Å². The van der Waals surface area contributed by atoms with Gasteiger partial charge >= 0.3 is 0 Å². The summed E-state index contributed by atoms with van der Waals surface area (Å²) in [6.07, 6.45) is 3.35. The van der Waals surface area contributed by atoms with Crippen LogP contribution < -0.4 is 0 Å². The molecule has 2 rings (SSSR count). The van der Waals surface area contributed by atoms with Gasteiger partial charge in [-0.05, 0) is 18.2 Å². The number of hydrogen-bond acceptors (Lipinski definition) is 3. The molecule has 0 saturated carbocycles. The van der Waals surface area contributed by atoms with Crippen LogP contribution in [0.2, 0.25) is 10.0 Å². The maximum absolute atomic E-state index is 9.56. The van der Waals surface area contributed by atoms with Crippen molar-refractivity contribution in [3.8, 4) is 0 Å². The van der Waals surface area contributed by atoms with Crippen LogP contribution in [0, 0.1) is 0 Å². The number of nitrogens with zero attached hydrogens (tertiary/aromatic N) is 2. The molecule has 15 heavy (non-hydrogen) atoms. The highest BCUT2D eigenvalue weighted by Gasteiger charge is 2.12. The number of halogens is 2. The second kappa shape index (κ2) is 4.23. The van der Waals surface area contributed by atoms with Crippen LogP contribution in [0.15, 0.2) is 29.3 Å². The van der Waals surface area contributed by atoms with Crippen molar-refractivity contribution in [1.29, 1.82) is 0 Å². The van der Waals surface area contributed by atoms with Gasteiger partial charge in [0.1, 0.15) is 6.67 Å². The topological polar surface area (TPSA) is 35.8 Å². The zero-order valence-electron chi connectivity index (χ0n) is 7.69. The van der Waals surface area contributed by atoms with Crippen LogP contribution in [-0.2, 0) is 0 Å². The van der Waals surface area contributed by atoms with E-state index in [1.165, 1.54) is 0 Å². The van der Waals surface area contributed by atoms with Gasteiger partial charge in [-0.25, -0.2) is 5.06 Å². The Morgan fingerprint density at radius 3 is 2.73 bits per heavy atom. The molecule has 0 atom stereocenters. The first-order chi connectivity index (χ1) is 7.18. The van der Waals surface area contributed by atoms with Gasteiger partial charge in [-0.15, -0.1) is 0 Å². The smallest absolute Gasteiger partial charge is 0.135 e. The minimum Gasteiger partial charge on any atom is -0.287 e.